The van der Waals surface area contributed by atoms with Crippen LogP contribution in [-0.4, -0.2) is 19.8 Å². The highest BCUT2D eigenvalue weighted by Crippen LogP contribution is 2.26. The number of hydrogen-bond donors (Lipinski definition) is 0. The van der Waals surface area contributed by atoms with Crippen molar-refractivity contribution in [2.75, 3.05) is 19.8 Å². The van der Waals surface area contributed by atoms with Crippen LogP contribution in [0.4, 0.5) is 8.78 Å². The maximum atomic E-state index is 14.1. The van der Waals surface area contributed by atoms with Crippen LogP contribution in [0.3, 0.4) is 0 Å². The summed E-state index contributed by atoms with van der Waals surface area (Å²) in [6, 6.07) is 32.2. The molecule has 0 atom stereocenters. The van der Waals surface area contributed by atoms with Crippen LogP contribution in [0.5, 0.6) is 5.75 Å². The minimum atomic E-state index is -0.836. The van der Waals surface area contributed by atoms with Crippen LogP contribution in [0.15, 0.2) is 115 Å². The molecule has 51 heavy (non-hydrogen) atoms. The number of benzene rings is 4. The first-order valence-corrected chi connectivity index (χ1v) is 19.3. The van der Waals surface area contributed by atoms with E-state index in [0.717, 1.165) is 63.6 Å². The molecule has 0 fully saturated rings. The monoisotopic (exact) mass is 696 g/mol. The third kappa shape index (κ3) is 16.8. The van der Waals surface area contributed by atoms with Crippen molar-refractivity contribution in [2.24, 2.45) is 5.92 Å². The number of unbranched alkanes of at least 4 members (excludes halogenated alkanes) is 9. The molecule has 274 valence electrons. The molecule has 0 aliphatic rings. The quantitative estimate of drug-likeness (QED) is 0.0459. The van der Waals surface area contributed by atoms with Gasteiger partial charge in [-0.15, -0.1) is 0 Å². The zero-order chi connectivity index (χ0) is 35.6. The van der Waals surface area contributed by atoms with Crippen molar-refractivity contribution in [3.63, 3.8) is 0 Å². The molecule has 0 unspecified atom stereocenters. The minimum Gasteiger partial charge on any atom is -0.494 e. The Kier molecular flexibility index (Phi) is 19.8. The van der Waals surface area contributed by atoms with E-state index in [4.69, 9.17) is 14.2 Å². The first-order valence-electron chi connectivity index (χ1n) is 19.3. The molecule has 4 aromatic carbocycles. The van der Waals surface area contributed by atoms with E-state index in [1.54, 1.807) is 18.2 Å². The van der Waals surface area contributed by atoms with E-state index >= 15 is 0 Å². The van der Waals surface area contributed by atoms with Crippen LogP contribution in [0, 0.1) is 17.6 Å². The third-order valence-electron chi connectivity index (χ3n) is 9.26. The Bertz CT molecular complexity index is 1420. The van der Waals surface area contributed by atoms with Gasteiger partial charge in [-0.25, -0.2) is 8.78 Å². The maximum absolute atomic E-state index is 14.1. The van der Waals surface area contributed by atoms with Crippen molar-refractivity contribution in [2.45, 2.75) is 103 Å². The van der Waals surface area contributed by atoms with Gasteiger partial charge in [0.25, 0.3) is 0 Å². The molecule has 0 aliphatic carbocycles. The summed E-state index contributed by atoms with van der Waals surface area (Å²) in [5.41, 5.74) is 3.38. The fourth-order valence-corrected chi connectivity index (χ4v) is 6.27. The largest absolute Gasteiger partial charge is 0.494 e. The summed E-state index contributed by atoms with van der Waals surface area (Å²) in [4.78, 5) is 0. The highest BCUT2D eigenvalue weighted by molar-refractivity contribution is 5.64. The van der Waals surface area contributed by atoms with Gasteiger partial charge in [0.05, 0.1) is 19.8 Å². The smallest absolute Gasteiger partial charge is 0.166 e. The van der Waals surface area contributed by atoms with Crippen LogP contribution < -0.4 is 4.74 Å². The van der Waals surface area contributed by atoms with Gasteiger partial charge in [-0.05, 0) is 92.2 Å². The summed E-state index contributed by atoms with van der Waals surface area (Å²) < 4.78 is 45.3. The van der Waals surface area contributed by atoms with E-state index in [1.165, 1.54) is 68.6 Å². The number of halogens is 2. The van der Waals surface area contributed by atoms with Crippen LogP contribution in [0.25, 0.3) is 11.1 Å². The first-order chi connectivity index (χ1) is 25.2. The maximum Gasteiger partial charge on any atom is 0.166 e. The highest BCUT2D eigenvalue weighted by Gasteiger charge is 2.10. The molecule has 4 rings (SSSR count). The second-order valence-electron chi connectivity index (χ2n) is 13.5. The lowest BCUT2D eigenvalue weighted by atomic mass is 9.93. The molecular formula is C46H58F2O3. The lowest BCUT2D eigenvalue weighted by Gasteiger charge is -2.13. The van der Waals surface area contributed by atoms with Gasteiger partial charge in [-0.3, -0.25) is 0 Å². The van der Waals surface area contributed by atoms with Crippen LogP contribution in [0.1, 0.15) is 101 Å². The summed E-state index contributed by atoms with van der Waals surface area (Å²) >= 11 is 0. The van der Waals surface area contributed by atoms with Gasteiger partial charge < -0.3 is 14.2 Å². The standard InChI is InChI=1S/C46H58F2O3/c47-45-29-20-28-44(46(45)48)42-30-32-43(33-31-42)51-36-19-5-1-2-10-21-39(22-11-3-6-17-34-49-37-40-24-13-8-14-25-40)23-12-4-7-18-35-50-38-41-26-15-9-16-27-41/h8-10,13-16,20-21,24-33,39H,1-7,11-12,17-19,22-23,34-38H2. The molecule has 0 radical (unpaired) electrons. The summed E-state index contributed by atoms with van der Waals surface area (Å²) in [7, 11) is 0. The molecule has 0 aromatic heterocycles. The molecule has 0 N–H and O–H groups in total. The lowest BCUT2D eigenvalue weighted by Crippen LogP contribution is -1.99. The van der Waals surface area contributed by atoms with Gasteiger partial charge in [-0.2, -0.15) is 0 Å². The summed E-state index contributed by atoms with van der Waals surface area (Å²) in [5.74, 6) is -0.255. The van der Waals surface area contributed by atoms with E-state index < -0.39 is 11.6 Å². The fourth-order valence-electron chi connectivity index (χ4n) is 6.27. The average Bonchev–Trinajstić information content (AvgIpc) is 3.16. The fraction of sp³-hybridized carbons (Fsp3) is 0.435. The summed E-state index contributed by atoms with van der Waals surface area (Å²) in [6.45, 7) is 3.73. The Labute approximate surface area is 306 Å². The Balaban J connectivity index is 1.07. The average molecular weight is 697 g/mol. The first kappa shape index (κ1) is 40.0. The normalized spacial score (nSPS) is 11.5. The third-order valence-corrected chi connectivity index (χ3v) is 9.26. The Hall–Kier alpha value is -3.80. The van der Waals surface area contributed by atoms with Crippen molar-refractivity contribution >= 4 is 0 Å². The van der Waals surface area contributed by atoms with E-state index in [-0.39, 0.29) is 5.56 Å². The van der Waals surface area contributed by atoms with Crippen LogP contribution >= 0.6 is 0 Å². The van der Waals surface area contributed by atoms with Crippen molar-refractivity contribution in [3.05, 3.63) is 138 Å². The Morgan fingerprint density at radius 3 is 1.67 bits per heavy atom. The second kappa shape index (κ2) is 25.2. The Morgan fingerprint density at radius 1 is 0.510 bits per heavy atom. The van der Waals surface area contributed by atoms with E-state index in [0.29, 0.717) is 31.3 Å². The van der Waals surface area contributed by atoms with E-state index in [2.05, 4.69) is 60.7 Å². The van der Waals surface area contributed by atoms with Crippen molar-refractivity contribution in [1.29, 1.82) is 0 Å². The van der Waals surface area contributed by atoms with E-state index in [1.807, 2.05) is 24.3 Å². The van der Waals surface area contributed by atoms with Gasteiger partial charge in [0.1, 0.15) is 5.75 Å². The second-order valence-corrected chi connectivity index (χ2v) is 13.5. The molecule has 0 heterocycles. The molecule has 4 aromatic rings. The number of allylic oxidation sites excluding steroid dienone is 2. The van der Waals surface area contributed by atoms with Gasteiger partial charge >= 0.3 is 0 Å². The van der Waals surface area contributed by atoms with Crippen molar-refractivity contribution < 1.29 is 23.0 Å². The molecule has 0 aliphatic heterocycles. The van der Waals surface area contributed by atoms with Gasteiger partial charge in [0.15, 0.2) is 11.6 Å². The molecule has 0 saturated heterocycles. The number of rotatable bonds is 27. The number of ether oxygens (including phenoxy) is 3. The van der Waals surface area contributed by atoms with Crippen molar-refractivity contribution in [3.8, 4) is 16.9 Å². The SMILES string of the molecule is Fc1cccc(-c2ccc(OCCCCCC=CC(CCCCCCOCc3ccccc3)CCCCCCOCc3ccccc3)cc2)c1F. The van der Waals surface area contributed by atoms with Crippen LogP contribution in [-0.2, 0) is 22.7 Å². The zero-order valence-electron chi connectivity index (χ0n) is 30.5. The van der Waals surface area contributed by atoms with E-state index in [9.17, 15) is 8.78 Å². The molecule has 0 saturated carbocycles. The summed E-state index contributed by atoms with van der Waals surface area (Å²) in [6.07, 6.45) is 21.6. The predicted molar refractivity (Wildman–Crippen MR) is 207 cm³/mol. The van der Waals surface area contributed by atoms with Crippen molar-refractivity contribution in [1.82, 2.24) is 0 Å². The summed E-state index contributed by atoms with van der Waals surface area (Å²) in [5, 5.41) is 0. The van der Waals surface area contributed by atoms with Gasteiger partial charge in [0.2, 0.25) is 0 Å². The number of hydrogen-bond acceptors (Lipinski definition) is 3. The minimum absolute atomic E-state index is 0.261. The Morgan fingerprint density at radius 2 is 1.06 bits per heavy atom. The lowest BCUT2D eigenvalue weighted by molar-refractivity contribution is 0.116. The molecule has 0 bridgehead atoms. The zero-order valence-corrected chi connectivity index (χ0v) is 30.5. The molecule has 3 nitrogen and oxygen atoms in total. The molecule has 5 heteroatoms. The molecule has 0 amide bonds. The van der Waals surface area contributed by atoms with Gasteiger partial charge in [-0.1, -0.05) is 136 Å². The molecular weight excluding hydrogens is 638 g/mol. The van der Waals surface area contributed by atoms with Gasteiger partial charge in [0, 0.05) is 18.8 Å². The topological polar surface area (TPSA) is 27.7 Å². The van der Waals surface area contributed by atoms with Crippen LogP contribution in [0.2, 0.25) is 0 Å². The predicted octanol–water partition coefficient (Wildman–Crippen LogP) is 13.1. The highest BCUT2D eigenvalue weighted by atomic mass is 19.2. The molecule has 0 spiro atoms.